The van der Waals surface area contributed by atoms with E-state index in [1.807, 2.05) is 0 Å². The van der Waals surface area contributed by atoms with Crippen molar-refractivity contribution in [1.29, 1.82) is 0 Å². The highest BCUT2D eigenvalue weighted by molar-refractivity contribution is 6.30. The Morgan fingerprint density at radius 2 is 1.87 bits per heavy atom. The Morgan fingerprint density at radius 1 is 1.17 bits per heavy atom. The van der Waals surface area contributed by atoms with E-state index in [0.29, 0.717) is 22.0 Å². The van der Waals surface area contributed by atoms with E-state index in [4.69, 9.17) is 16.3 Å². The molecule has 0 spiro atoms. The number of carbonyl (C=O) groups is 2. The molecular formula is C17H14ClNO4. The van der Waals surface area contributed by atoms with Crippen LogP contribution in [0.25, 0.3) is 5.57 Å². The van der Waals surface area contributed by atoms with Gasteiger partial charge in [-0.25, -0.2) is 4.79 Å². The molecule has 6 heteroatoms. The largest absolute Gasteiger partial charge is 0.497 e. The van der Waals surface area contributed by atoms with Crippen molar-refractivity contribution in [1.82, 2.24) is 0 Å². The average Bonchev–Trinajstić information content (AvgIpc) is 2.53. The zero-order valence-electron chi connectivity index (χ0n) is 12.2. The molecule has 0 bridgehead atoms. The number of hydrogen-bond acceptors (Lipinski definition) is 3. The van der Waals surface area contributed by atoms with Crippen molar-refractivity contribution in [3.8, 4) is 5.75 Å². The molecule has 0 saturated carbocycles. The van der Waals surface area contributed by atoms with E-state index >= 15 is 0 Å². The first kappa shape index (κ1) is 16.6. The van der Waals surface area contributed by atoms with Gasteiger partial charge >= 0.3 is 5.97 Å². The van der Waals surface area contributed by atoms with Crippen LogP contribution in [0.3, 0.4) is 0 Å². The Balaban J connectivity index is 2.23. The van der Waals surface area contributed by atoms with Crippen molar-refractivity contribution in [2.75, 3.05) is 12.4 Å². The number of anilines is 1. The summed E-state index contributed by atoms with van der Waals surface area (Å²) in [4.78, 5) is 23.4. The molecular weight excluding hydrogens is 318 g/mol. The summed E-state index contributed by atoms with van der Waals surface area (Å²) in [5, 5.41) is 12.4. The zero-order valence-corrected chi connectivity index (χ0v) is 13.0. The minimum absolute atomic E-state index is 0.123. The fourth-order valence-corrected chi connectivity index (χ4v) is 2.03. The third-order valence-electron chi connectivity index (χ3n) is 3.00. The quantitative estimate of drug-likeness (QED) is 0.823. The fourth-order valence-electron chi connectivity index (χ4n) is 1.91. The second-order valence-corrected chi connectivity index (χ2v) is 5.03. The first-order chi connectivity index (χ1) is 11.0. The number of amides is 1. The second kappa shape index (κ2) is 7.47. The summed E-state index contributed by atoms with van der Waals surface area (Å²) in [5.41, 5.74) is 0.774. The molecule has 1 amide bonds. The molecule has 0 saturated heterocycles. The number of benzene rings is 2. The van der Waals surface area contributed by atoms with Crippen LogP contribution < -0.4 is 10.1 Å². The number of carbonyl (C=O) groups excluding carboxylic acids is 1. The molecule has 2 aromatic carbocycles. The second-order valence-electron chi connectivity index (χ2n) is 4.59. The normalized spacial score (nSPS) is 11.0. The maximum absolute atomic E-state index is 12.0. The first-order valence-corrected chi connectivity index (χ1v) is 7.03. The van der Waals surface area contributed by atoms with Crippen molar-refractivity contribution in [3.63, 3.8) is 0 Å². The Bertz CT molecular complexity index is 753. The SMILES string of the molecule is COc1cccc(NC(=O)C=C(C(=O)O)c2ccc(Cl)cc2)c1. The molecule has 5 nitrogen and oxygen atoms in total. The lowest BCUT2D eigenvalue weighted by Gasteiger charge is -2.06. The van der Waals surface area contributed by atoms with Crippen LogP contribution in [0.15, 0.2) is 54.6 Å². The predicted molar refractivity (Wildman–Crippen MR) is 88.7 cm³/mol. The van der Waals surface area contributed by atoms with Gasteiger partial charge in [0.05, 0.1) is 12.7 Å². The lowest BCUT2D eigenvalue weighted by molar-refractivity contribution is -0.130. The molecule has 0 atom stereocenters. The molecule has 0 unspecified atom stereocenters. The number of halogens is 1. The van der Waals surface area contributed by atoms with Gasteiger partial charge in [0.15, 0.2) is 0 Å². The lowest BCUT2D eigenvalue weighted by atomic mass is 10.1. The molecule has 0 fully saturated rings. The van der Waals surface area contributed by atoms with Crippen LogP contribution in [-0.2, 0) is 9.59 Å². The van der Waals surface area contributed by atoms with Crippen LogP contribution in [0, 0.1) is 0 Å². The van der Waals surface area contributed by atoms with Gasteiger partial charge in [0.25, 0.3) is 0 Å². The molecule has 0 aliphatic carbocycles. The predicted octanol–water partition coefficient (Wildman–Crippen LogP) is 3.46. The number of rotatable bonds is 5. The molecule has 0 aliphatic rings. The van der Waals surface area contributed by atoms with E-state index < -0.39 is 11.9 Å². The molecule has 0 radical (unpaired) electrons. The molecule has 0 aliphatic heterocycles. The smallest absolute Gasteiger partial charge is 0.336 e. The van der Waals surface area contributed by atoms with Crippen LogP contribution in [0.1, 0.15) is 5.56 Å². The van der Waals surface area contributed by atoms with Crippen molar-refractivity contribution in [2.45, 2.75) is 0 Å². The highest BCUT2D eigenvalue weighted by atomic mass is 35.5. The number of carboxylic acids is 1. The molecule has 2 rings (SSSR count). The van der Waals surface area contributed by atoms with Crippen LogP contribution in [0.4, 0.5) is 5.69 Å². The fraction of sp³-hybridized carbons (Fsp3) is 0.0588. The van der Waals surface area contributed by atoms with Crippen LogP contribution in [0.5, 0.6) is 5.75 Å². The number of methoxy groups -OCH3 is 1. The molecule has 2 aromatic rings. The highest BCUT2D eigenvalue weighted by Gasteiger charge is 2.13. The highest BCUT2D eigenvalue weighted by Crippen LogP contribution is 2.19. The third-order valence-corrected chi connectivity index (χ3v) is 3.25. The Labute approximate surface area is 138 Å². The van der Waals surface area contributed by atoms with E-state index in [1.165, 1.54) is 7.11 Å². The standard InChI is InChI=1S/C17H14ClNO4/c1-23-14-4-2-3-13(9-14)19-16(20)10-15(17(21)22)11-5-7-12(18)8-6-11/h2-10H,1H3,(H,19,20)(H,21,22). The Morgan fingerprint density at radius 3 is 2.48 bits per heavy atom. The van der Waals surface area contributed by atoms with Gasteiger partial charge in [0, 0.05) is 22.9 Å². The number of ether oxygens (including phenoxy) is 1. The van der Waals surface area contributed by atoms with Crippen molar-refractivity contribution in [3.05, 3.63) is 65.2 Å². The summed E-state index contributed by atoms with van der Waals surface area (Å²) in [6.45, 7) is 0. The van der Waals surface area contributed by atoms with Crippen molar-refractivity contribution >= 4 is 34.7 Å². The van der Waals surface area contributed by atoms with Crippen LogP contribution in [-0.4, -0.2) is 24.1 Å². The average molecular weight is 332 g/mol. The maximum atomic E-state index is 12.0. The number of nitrogens with one attached hydrogen (secondary N) is 1. The number of carboxylic acid groups (broad SMARTS) is 1. The summed E-state index contributed by atoms with van der Waals surface area (Å²) in [6.07, 6.45) is 1.03. The van der Waals surface area contributed by atoms with E-state index in [0.717, 1.165) is 6.08 Å². The Kier molecular flexibility index (Phi) is 5.38. The maximum Gasteiger partial charge on any atom is 0.336 e. The monoisotopic (exact) mass is 331 g/mol. The lowest BCUT2D eigenvalue weighted by Crippen LogP contribution is -2.11. The number of hydrogen-bond donors (Lipinski definition) is 2. The van der Waals surface area contributed by atoms with Gasteiger partial charge in [-0.15, -0.1) is 0 Å². The van der Waals surface area contributed by atoms with Gasteiger partial charge in [-0.3, -0.25) is 4.79 Å². The minimum Gasteiger partial charge on any atom is -0.497 e. The summed E-state index contributed by atoms with van der Waals surface area (Å²) in [7, 11) is 1.52. The summed E-state index contributed by atoms with van der Waals surface area (Å²) in [6, 6.07) is 13.0. The minimum atomic E-state index is -1.20. The van der Waals surface area contributed by atoms with Gasteiger partial charge in [0.2, 0.25) is 5.91 Å². The first-order valence-electron chi connectivity index (χ1n) is 6.65. The van der Waals surface area contributed by atoms with Crippen molar-refractivity contribution < 1.29 is 19.4 Å². The van der Waals surface area contributed by atoms with Crippen molar-refractivity contribution in [2.24, 2.45) is 0 Å². The van der Waals surface area contributed by atoms with Gasteiger partial charge in [-0.1, -0.05) is 29.8 Å². The molecule has 23 heavy (non-hydrogen) atoms. The van der Waals surface area contributed by atoms with Gasteiger partial charge in [-0.2, -0.15) is 0 Å². The topological polar surface area (TPSA) is 75.6 Å². The van der Waals surface area contributed by atoms with Gasteiger partial charge in [-0.05, 0) is 29.8 Å². The Hall–Kier alpha value is -2.79. The summed E-state index contributed by atoms with van der Waals surface area (Å²) < 4.78 is 5.06. The van der Waals surface area contributed by atoms with Crippen LogP contribution in [0.2, 0.25) is 5.02 Å². The van der Waals surface area contributed by atoms with Gasteiger partial charge < -0.3 is 15.2 Å². The van der Waals surface area contributed by atoms with E-state index in [9.17, 15) is 14.7 Å². The molecule has 0 heterocycles. The zero-order chi connectivity index (χ0) is 16.8. The molecule has 0 aromatic heterocycles. The summed E-state index contributed by atoms with van der Waals surface area (Å²) in [5.74, 6) is -1.17. The van der Waals surface area contributed by atoms with E-state index in [-0.39, 0.29) is 5.57 Å². The van der Waals surface area contributed by atoms with Crippen LogP contribution >= 0.6 is 11.6 Å². The third kappa shape index (κ3) is 4.59. The van der Waals surface area contributed by atoms with Gasteiger partial charge in [0.1, 0.15) is 5.75 Å². The van der Waals surface area contributed by atoms with E-state index in [1.54, 1.807) is 48.5 Å². The molecule has 2 N–H and O–H groups in total. The summed E-state index contributed by atoms with van der Waals surface area (Å²) >= 11 is 5.78. The molecule has 118 valence electrons. The number of aliphatic carboxylic acids is 1. The van der Waals surface area contributed by atoms with E-state index in [2.05, 4.69) is 5.32 Å².